The third-order valence-electron chi connectivity index (χ3n) is 9.08. The average Bonchev–Trinajstić information content (AvgIpc) is 2.97. The van der Waals surface area contributed by atoms with Crippen LogP contribution in [0.1, 0.15) is 28.7 Å². The van der Waals surface area contributed by atoms with Crippen molar-refractivity contribution in [2.75, 3.05) is 39.6 Å². The van der Waals surface area contributed by atoms with Crippen LogP contribution in [0.3, 0.4) is 0 Å². The molecular formula is C33H36N4O9S. The van der Waals surface area contributed by atoms with E-state index >= 15 is 0 Å². The zero-order chi connectivity index (χ0) is 34.7. The van der Waals surface area contributed by atoms with Crippen LogP contribution in [-0.2, 0) is 30.8 Å². The number of carbonyl (C=O) groups is 3. The third-order valence-corrected chi connectivity index (χ3v) is 10.5. The van der Waals surface area contributed by atoms with E-state index in [4.69, 9.17) is 5.73 Å². The fourth-order valence-corrected chi connectivity index (χ4v) is 7.78. The molecule has 0 bridgehead atoms. The molecule has 0 aliphatic heterocycles. The minimum absolute atomic E-state index is 0.0297. The topological polar surface area (TPSA) is 211 Å². The standard InChI is InChI=1S/C33H36N4O9S/c1-16-8-10-19(11-9-16)47(45,46)35-12-6-7-17-15-22(36(2)3)20-13-18-14-21-26(37(4)5)29(40)25(32(34)43)31(42)33(21,44)30(41)23(18)28(39)24(20)27(17)38/h8-11,15,18,21,26,35,38-39,42,44H,12-14H2,1-5H3,(H2,34,43)/t18?,21?,26?,33-/m0/s1. The summed E-state index contributed by atoms with van der Waals surface area (Å²) in [6.45, 7) is 1.53. The Kier molecular flexibility index (Phi) is 8.48. The van der Waals surface area contributed by atoms with Gasteiger partial charge in [0.1, 0.15) is 22.8 Å². The highest BCUT2D eigenvalue weighted by atomic mass is 32.2. The van der Waals surface area contributed by atoms with Gasteiger partial charge in [0.25, 0.3) is 5.91 Å². The van der Waals surface area contributed by atoms with Crippen LogP contribution in [0.4, 0.5) is 5.69 Å². The molecule has 2 aromatic rings. The fourth-order valence-electron chi connectivity index (χ4n) is 6.86. The van der Waals surface area contributed by atoms with Crippen LogP contribution in [0.25, 0.3) is 5.76 Å². The number of Topliss-reactive ketones (excluding diaryl/α,β-unsaturated/α-hetero) is 2. The number of benzene rings is 2. The molecule has 13 nitrogen and oxygen atoms in total. The first-order valence-corrected chi connectivity index (χ1v) is 16.2. The number of aromatic hydroxyl groups is 1. The summed E-state index contributed by atoms with van der Waals surface area (Å²) in [4.78, 5) is 42.8. The normalized spacial score (nSPS) is 23.9. The number of fused-ring (bicyclic) bond motifs is 3. The Hall–Kier alpha value is -4.68. The molecule has 3 aliphatic carbocycles. The van der Waals surface area contributed by atoms with E-state index in [0.717, 1.165) is 5.56 Å². The van der Waals surface area contributed by atoms with Crippen molar-refractivity contribution in [2.24, 2.45) is 17.6 Å². The Bertz CT molecular complexity index is 1950. The summed E-state index contributed by atoms with van der Waals surface area (Å²) in [7, 11) is 2.68. The van der Waals surface area contributed by atoms with E-state index in [1.165, 1.54) is 31.1 Å². The molecule has 0 radical (unpaired) electrons. The molecule has 3 aliphatic rings. The number of likely N-dealkylation sites (N-methyl/N-ethyl adjacent to an activating group) is 1. The van der Waals surface area contributed by atoms with Crippen LogP contribution in [0.15, 0.2) is 52.1 Å². The highest BCUT2D eigenvalue weighted by Gasteiger charge is 2.64. The number of ketones is 2. The van der Waals surface area contributed by atoms with Crippen LogP contribution in [-0.4, -0.2) is 97.6 Å². The number of phenols is 1. The van der Waals surface area contributed by atoms with Crippen molar-refractivity contribution in [2.45, 2.75) is 36.3 Å². The van der Waals surface area contributed by atoms with Crippen LogP contribution in [0, 0.1) is 30.6 Å². The SMILES string of the molecule is Cc1ccc(S(=O)(=O)NCC#Cc2cc(N(C)C)c3c(c2O)C(O)=C2C(=O)[C@]4(O)C(O)=C(C(N)=O)C(=O)C(N(C)C)C4CC2C3)cc1. The first-order chi connectivity index (χ1) is 21.9. The Labute approximate surface area is 272 Å². The molecule has 1 saturated carbocycles. The molecule has 47 heavy (non-hydrogen) atoms. The van der Waals surface area contributed by atoms with Gasteiger partial charge in [-0.3, -0.25) is 19.3 Å². The molecule has 0 saturated heterocycles. The molecular weight excluding hydrogens is 628 g/mol. The minimum Gasteiger partial charge on any atom is -0.508 e. The zero-order valence-electron chi connectivity index (χ0n) is 26.5. The summed E-state index contributed by atoms with van der Waals surface area (Å²) >= 11 is 0. The van der Waals surface area contributed by atoms with E-state index in [0.29, 0.717) is 11.3 Å². The summed E-state index contributed by atoms with van der Waals surface area (Å²) in [5.41, 5.74) is 3.29. The number of hydrogen-bond donors (Lipinski definition) is 6. The van der Waals surface area contributed by atoms with Crippen molar-refractivity contribution in [1.82, 2.24) is 9.62 Å². The van der Waals surface area contributed by atoms with Gasteiger partial charge in [-0.1, -0.05) is 29.5 Å². The number of aliphatic hydroxyl groups is 3. The van der Waals surface area contributed by atoms with Gasteiger partial charge >= 0.3 is 0 Å². The van der Waals surface area contributed by atoms with Crippen molar-refractivity contribution in [3.05, 3.63) is 69.5 Å². The molecule has 2 aromatic carbocycles. The smallest absolute Gasteiger partial charge is 0.255 e. The Morgan fingerprint density at radius 3 is 2.32 bits per heavy atom. The van der Waals surface area contributed by atoms with Crippen molar-refractivity contribution >= 4 is 38.9 Å². The molecule has 1 amide bonds. The first-order valence-electron chi connectivity index (χ1n) is 14.7. The van der Waals surface area contributed by atoms with Crippen molar-refractivity contribution < 1.29 is 43.2 Å². The lowest BCUT2D eigenvalue weighted by molar-refractivity contribution is -0.153. The second-order valence-corrected chi connectivity index (χ2v) is 14.2. The van der Waals surface area contributed by atoms with Gasteiger partial charge in [0.15, 0.2) is 11.4 Å². The summed E-state index contributed by atoms with van der Waals surface area (Å²) in [6, 6.07) is 6.66. The van der Waals surface area contributed by atoms with Gasteiger partial charge in [-0.25, -0.2) is 8.42 Å². The van der Waals surface area contributed by atoms with E-state index in [1.807, 2.05) is 6.92 Å². The molecule has 0 spiro atoms. The number of anilines is 1. The quantitative estimate of drug-likeness (QED) is 0.187. The maximum atomic E-state index is 14.1. The number of nitrogens with two attached hydrogens (primary N) is 1. The minimum atomic E-state index is -3.86. The molecule has 14 heteroatoms. The highest BCUT2D eigenvalue weighted by molar-refractivity contribution is 7.89. The van der Waals surface area contributed by atoms with E-state index in [-0.39, 0.29) is 41.0 Å². The van der Waals surface area contributed by atoms with Crippen molar-refractivity contribution in [1.29, 1.82) is 0 Å². The van der Waals surface area contributed by atoms with E-state index in [9.17, 15) is 43.2 Å². The number of hydrogen-bond acceptors (Lipinski definition) is 11. The zero-order valence-corrected chi connectivity index (χ0v) is 27.3. The summed E-state index contributed by atoms with van der Waals surface area (Å²) < 4.78 is 27.7. The largest absolute Gasteiger partial charge is 0.508 e. The molecule has 0 heterocycles. The monoisotopic (exact) mass is 664 g/mol. The number of sulfonamides is 1. The number of aliphatic hydroxyl groups excluding tert-OH is 2. The summed E-state index contributed by atoms with van der Waals surface area (Å²) in [5.74, 6) is -2.07. The fraction of sp³-hybridized carbons (Fsp3) is 0.364. The van der Waals surface area contributed by atoms with Gasteiger partial charge in [0.05, 0.1) is 28.6 Å². The van der Waals surface area contributed by atoms with Crippen LogP contribution in [0.2, 0.25) is 0 Å². The first kappa shape index (κ1) is 33.7. The Morgan fingerprint density at radius 1 is 1.11 bits per heavy atom. The van der Waals surface area contributed by atoms with Crippen LogP contribution < -0.4 is 15.4 Å². The number of nitrogens with one attached hydrogen (secondary N) is 1. The number of phenolic OH excluding ortho intramolecular Hbond substituents is 1. The van der Waals surface area contributed by atoms with Gasteiger partial charge in [-0.15, -0.1) is 0 Å². The van der Waals surface area contributed by atoms with Gasteiger partial charge in [-0.2, -0.15) is 4.72 Å². The Morgan fingerprint density at radius 2 is 1.74 bits per heavy atom. The maximum Gasteiger partial charge on any atom is 0.255 e. The lowest BCUT2D eigenvalue weighted by Gasteiger charge is -2.50. The highest BCUT2D eigenvalue weighted by Crippen LogP contribution is 2.54. The predicted octanol–water partition coefficient (Wildman–Crippen LogP) is 0.668. The second kappa shape index (κ2) is 11.8. The number of amides is 1. The molecule has 7 N–H and O–H groups in total. The molecule has 248 valence electrons. The number of primary amides is 1. The number of carbonyl (C=O) groups excluding carboxylic acids is 3. The van der Waals surface area contributed by atoms with Gasteiger partial charge in [-0.05, 0) is 63.5 Å². The van der Waals surface area contributed by atoms with Gasteiger partial charge in [0.2, 0.25) is 15.8 Å². The van der Waals surface area contributed by atoms with Gasteiger partial charge in [0, 0.05) is 31.3 Å². The van der Waals surface area contributed by atoms with Crippen molar-refractivity contribution in [3.63, 3.8) is 0 Å². The Balaban J connectivity index is 1.59. The van der Waals surface area contributed by atoms with Gasteiger partial charge < -0.3 is 31.1 Å². The second-order valence-electron chi connectivity index (χ2n) is 12.4. The molecule has 0 aromatic heterocycles. The molecule has 4 atom stereocenters. The number of rotatable bonds is 6. The third kappa shape index (κ3) is 5.35. The molecule has 3 unspecified atom stereocenters. The molecule has 1 fully saturated rings. The number of nitrogens with zero attached hydrogens (tertiary/aromatic N) is 2. The van der Waals surface area contributed by atoms with Crippen molar-refractivity contribution in [3.8, 4) is 17.6 Å². The summed E-state index contributed by atoms with van der Waals surface area (Å²) in [6.07, 6.45) is 0.0712. The van der Waals surface area contributed by atoms with Crippen LogP contribution in [0.5, 0.6) is 5.75 Å². The average molecular weight is 665 g/mol. The van der Waals surface area contributed by atoms with E-state index in [1.54, 1.807) is 37.2 Å². The lowest BCUT2D eigenvalue weighted by Crippen LogP contribution is -2.65. The summed E-state index contributed by atoms with van der Waals surface area (Å²) in [5, 5.41) is 45.8. The molecule has 5 rings (SSSR count). The maximum absolute atomic E-state index is 14.1. The van der Waals surface area contributed by atoms with E-state index in [2.05, 4.69) is 16.6 Å². The lowest BCUT2D eigenvalue weighted by atomic mass is 9.57. The number of aryl methyl sites for hydroxylation is 1. The van der Waals surface area contributed by atoms with E-state index < -0.39 is 73.8 Å². The van der Waals surface area contributed by atoms with Crippen LogP contribution >= 0.6 is 0 Å². The predicted molar refractivity (Wildman–Crippen MR) is 172 cm³/mol.